The van der Waals surface area contributed by atoms with Gasteiger partial charge in [0.05, 0.1) is 12.2 Å². The summed E-state index contributed by atoms with van der Waals surface area (Å²) in [6.45, 7) is 10.6. The molecule has 0 aliphatic carbocycles. The lowest BCUT2D eigenvalue weighted by Gasteiger charge is -2.35. The summed E-state index contributed by atoms with van der Waals surface area (Å²) in [6.07, 6.45) is 44.8. The molecule has 0 aromatic heterocycles. The van der Waals surface area contributed by atoms with Gasteiger partial charge in [-0.2, -0.15) is 0 Å². The normalized spacial score (nSPS) is 13.4. The first-order valence-electron chi connectivity index (χ1n) is 21.5. The van der Waals surface area contributed by atoms with Gasteiger partial charge < -0.3 is 14.6 Å². The summed E-state index contributed by atoms with van der Waals surface area (Å²) in [7, 11) is 0. The lowest BCUT2D eigenvalue weighted by Crippen LogP contribution is -2.45. The molecule has 0 saturated carbocycles. The molecule has 0 aromatic rings. The minimum Gasteiger partial charge on any atom is -0.396 e. The topological polar surface area (TPSA) is 38.7 Å². The van der Waals surface area contributed by atoms with Crippen LogP contribution in [-0.2, 0) is 9.47 Å². The van der Waals surface area contributed by atoms with Crippen LogP contribution in [-0.4, -0.2) is 41.5 Å². The third-order valence-electron chi connectivity index (χ3n) is 10.1. The maximum atomic E-state index is 9.76. The first-order valence-corrected chi connectivity index (χ1v) is 22.3. The van der Waals surface area contributed by atoms with Gasteiger partial charge in [-0.25, -0.2) is 0 Å². The number of hydrogen-bond donors (Lipinski definition) is 1. The Balaban J connectivity index is 3.82. The van der Waals surface area contributed by atoms with E-state index in [1.165, 1.54) is 193 Å². The molecule has 0 aromatic carbocycles. The van der Waals surface area contributed by atoms with Gasteiger partial charge in [0, 0.05) is 24.1 Å². The van der Waals surface area contributed by atoms with E-state index in [9.17, 15) is 5.11 Å². The zero-order valence-electron chi connectivity index (χ0n) is 32.8. The molecule has 0 rings (SSSR count). The predicted molar refractivity (Wildman–Crippen MR) is 213 cm³/mol. The zero-order valence-corrected chi connectivity index (χ0v) is 34.3. The number of hydrogen-bond acceptors (Lipinski definition) is 3. The molecule has 0 aliphatic rings. The lowest BCUT2D eigenvalue weighted by molar-refractivity contribution is -0.0923. The molecule has 0 aliphatic heterocycles. The molecular weight excluding hydrogens is 644 g/mol. The maximum Gasteiger partial charge on any atom is 0.0984 e. The number of ether oxygens (including phenoxy) is 2. The van der Waals surface area contributed by atoms with E-state index >= 15 is 0 Å². The van der Waals surface area contributed by atoms with Crippen molar-refractivity contribution in [3.05, 3.63) is 0 Å². The summed E-state index contributed by atoms with van der Waals surface area (Å²) >= 11 is 3.87. The van der Waals surface area contributed by atoms with E-state index in [0.717, 1.165) is 26.1 Å². The summed E-state index contributed by atoms with van der Waals surface area (Å²) < 4.78 is 12.6. The van der Waals surface area contributed by atoms with Crippen molar-refractivity contribution in [2.45, 2.75) is 256 Å². The van der Waals surface area contributed by atoms with E-state index in [-0.39, 0.29) is 23.1 Å². The largest absolute Gasteiger partial charge is 0.396 e. The van der Waals surface area contributed by atoms with E-state index < -0.39 is 0 Å². The molecule has 0 radical (unpaired) electrons. The number of alkyl halides is 1. The van der Waals surface area contributed by atoms with Crippen LogP contribution in [0.25, 0.3) is 0 Å². The van der Waals surface area contributed by atoms with Gasteiger partial charge in [-0.3, -0.25) is 0 Å². The minimum atomic E-state index is -0.184. The van der Waals surface area contributed by atoms with Crippen molar-refractivity contribution in [1.29, 1.82) is 0 Å². The second-order valence-electron chi connectivity index (χ2n) is 15.4. The first-order chi connectivity index (χ1) is 23.0. The van der Waals surface area contributed by atoms with Crippen molar-refractivity contribution in [3.63, 3.8) is 0 Å². The quantitative estimate of drug-likeness (QED) is 0.0504. The number of halogens is 1. The molecule has 0 heterocycles. The Hall–Kier alpha value is 0.360. The molecule has 0 fully saturated rings. The summed E-state index contributed by atoms with van der Waals surface area (Å²) in [5.41, 5.74) is 0. The van der Waals surface area contributed by atoms with Gasteiger partial charge >= 0.3 is 0 Å². The van der Waals surface area contributed by atoms with Gasteiger partial charge in [0.2, 0.25) is 0 Å². The molecule has 1 N–H and O–H groups in total. The van der Waals surface area contributed by atoms with Crippen molar-refractivity contribution in [1.82, 2.24) is 0 Å². The van der Waals surface area contributed by atoms with Crippen LogP contribution < -0.4 is 0 Å². The van der Waals surface area contributed by atoms with Gasteiger partial charge in [0.15, 0.2) is 0 Å². The van der Waals surface area contributed by atoms with Crippen molar-refractivity contribution in [3.8, 4) is 0 Å². The average Bonchev–Trinajstić information content (AvgIpc) is 3.04. The zero-order chi connectivity index (χ0) is 34.5. The van der Waals surface area contributed by atoms with Crippen LogP contribution in [0.1, 0.15) is 240 Å². The summed E-state index contributed by atoms with van der Waals surface area (Å²) in [6, 6.07) is 0. The molecule has 0 amide bonds. The molecular formula is C43H87BrO3. The molecule has 0 saturated heterocycles. The third-order valence-corrected chi connectivity index (χ3v) is 10.5. The van der Waals surface area contributed by atoms with Gasteiger partial charge in [0.25, 0.3) is 0 Å². The van der Waals surface area contributed by atoms with Crippen LogP contribution in [0.2, 0.25) is 0 Å². The Kier molecular flexibility index (Phi) is 37.9. The molecule has 284 valence electrons. The van der Waals surface area contributed by atoms with Crippen LogP contribution in [0.3, 0.4) is 0 Å². The van der Waals surface area contributed by atoms with Gasteiger partial charge in [0.1, 0.15) is 0 Å². The molecule has 4 heteroatoms. The van der Waals surface area contributed by atoms with E-state index in [4.69, 9.17) is 9.47 Å². The van der Waals surface area contributed by atoms with Crippen LogP contribution >= 0.6 is 15.9 Å². The van der Waals surface area contributed by atoms with E-state index in [1.54, 1.807) is 0 Å². The smallest absolute Gasteiger partial charge is 0.0984 e. The number of aliphatic hydroxyl groups is 1. The number of rotatable bonds is 40. The van der Waals surface area contributed by atoms with Crippen molar-refractivity contribution < 1.29 is 14.6 Å². The van der Waals surface area contributed by atoms with Crippen LogP contribution in [0.15, 0.2) is 0 Å². The van der Waals surface area contributed by atoms with Gasteiger partial charge in [-0.15, -0.1) is 0 Å². The van der Waals surface area contributed by atoms with Gasteiger partial charge in [-0.05, 0) is 33.1 Å². The Morgan fingerprint density at radius 3 is 0.936 bits per heavy atom. The third kappa shape index (κ3) is 34.6. The fourth-order valence-corrected chi connectivity index (χ4v) is 7.37. The molecule has 47 heavy (non-hydrogen) atoms. The van der Waals surface area contributed by atoms with E-state index in [0.29, 0.717) is 6.42 Å². The fraction of sp³-hybridized carbons (Fsp3) is 1.00. The molecule has 0 bridgehead atoms. The van der Waals surface area contributed by atoms with Crippen LogP contribution in [0.5, 0.6) is 0 Å². The highest BCUT2D eigenvalue weighted by atomic mass is 79.9. The second-order valence-corrected chi connectivity index (χ2v) is 17.4. The van der Waals surface area contributed by atoms with Crippen molar-refractivity contribution >= 4 is 15.9 Å². The van der Waals surface area contributed by atoms with E-state index in [1.807, 2.05) is 0 Å². The monoisotopic (exact) mass is 731 g/mol. The summed E-state index contributed by atoms with van der Waals surface area (Å²) in [5, 5.41) is 9.76. The van der Waals surface area contributed by atoms with Gasteiger partial charge in [-0.1, -0.05) is 222 Å². The Morgan fingerprint density at radius 2 is 0.681 bits per heavy atom. The maximum absolute atomic E-state index is 9.76. The highest BCUT2D eigenvalue weighted by molar-refractivity contribution is 9.10. The standard InChI is InChI=1S/C43H87BrO3/c1-5-7-9-11-13-15-17-19-21-23-25-27-29-31-33-35-39-46-41(37-38-45)42(43(3,4)44)47-40-36-34-32-30-28-26-24-22-20-18-16-14-12-10-8-6-2/h41-42,45H,5-40H2,1-4H3. The number of aliphatic hydroxyl groups excluding tert-OH is 1. The first kappa shape index (κ1) is 47.4. The van der Waals surface area contributed by atoms with Crippen molar-refractivity contribution in [2.75, 3.05) is 19.8 Å². The second kappa shape index (κ2) is 37.6. The molecule has 3 nitrogen and oxygen atoms in total. The van der Waals surface area contributed by atoms with Crippen molar-refractivity contribution in [2.24, 2.45) is 0 Å². The Morgan fingerprint density at radius 1 is 0.426 bits per heavy atom. The molecule has 0 spiro atoms. The summed E-state index contributed by atoms with van der Waals surface area (Å²) in [5.74, 6) is 0. The fourth-order valence-electron chi connectivity index (χ4n) is 6.94. The van der Waals surface area contributed by atoms with Crippen LogP contribution in [0.4, 0.5) is 0 Å². The highest BCUT2D eigenvalue weighted by Gasteiger charge is 2.35. The average molecular weight is 732 g/mol. The highest BCUT2D eigenvalue weighted by Crippen LogP contribution is 2.29. The molecule has 2 unspecified atom stereocenters. The van der Waals surface area contributed by atoms with Crippen LogP contribution in [0, 0.1) is 0 Å². The molecule has 2 atom stereocenters. The SMILES string of the molecule is CCCCCCCCCCCCCCCCCCOC(CCO)C(OCCCCCCCCCCCCCCCCCC)C(C)(C)Br. The lowest BCUT2D eigenvalue weighted by atomic mass is 9.98. The Bertz CT molecular complexity index is 578. The minimum absolute atomic E-state index is 0.0490. The summed E-state index contributed by atoms with van der Waals surface area (Å²) in [4.78, 5) is 0. The van der Waals surface area contributed by atoms with E-state index in [2.05, 4.69) is 43.6 Å². The Labute approximate surface area is 305 Å². The predicted octanol–water partition coefficient (Wildman–Crippen LogP) is 14.8. The number of unbranched alkanes of at least 4 members (excludes halogenated alkanes) is 30.